The van der Waals surface area contributed by atoms with Crippen molar-refractivity contribution in [1.82, 2.24) is 10.6 Å². The molecule has 0 saturated carbocycles. The van der Waals surface area contributed by atoms with Gasteiger partial charge < -0.3 is 10.6 Å². The largest absolute Gasteiger partial charge is 0.380 e. The Kier molecular flexibility index (Phi) is 16.0. The van der Waals surface area contributed by atoms with Gasteiger partial charge in [-0.2, -0.15) is 11.8 Å². The molecule has 2 atom stereocenters. The van der Waals surface area contributed by atoms with E-state index in [9.17, 15) is 4.79 Å². The third kappa shape index (κ3) is 15.7. The average Bonchev–Trinajstić information content (AvgIpc) is 2.67. The van der Waals surface area contributed by atoms with Crippen molar-refractivity contribution < 1.29 is 4.79 Å². The summed E-state index contributed by atoms with van der Waals surface area (Å²) in [4.78, 5) is 11.4. The van der Waals surface area contributed by atoms with Gasteiger partial charge in [-0.25, -0.2) is 0 Å². The maximum atomic E-state index is 11.4. The zero-order valence-electron chi connectivity index (χ0n) is 21.1. The lowest BCUT2D eigenvalue weighted by molar-refractivity contribution is -0.119. The monoisotopic (exact) mass is 446 g/mol. The molecule has 0 heterocycles. The highest BCUT2D eigenvalue weighted by atomic mass is 32.2. The minimum absolute atomic E-state index is 0.0328. The number of carbonyl (C=O) groups is 1. The fourth-order valence-electron chi connectivity index (χ4n) is 3.04. The molecule has 2 unspecified atom stereocenters. The number of thioether (sulfide) groups is 1. The summed E-state index contributed by atoms with van der Waals surface area (Å²) in [6, 6.07) is 0.102. The van der Waals surface area contributed by atoms with Crippen LogP contribution in [0, 0.1) is 0 Å². The highest BCUT2D eigenvalue weighted by Gasteiger charge is 2.16. The topological polar surface area (TPSA) is 41.1 Å². The Morgan fingerprint density at radius 2 is 1.45 bits per heavy atom. The van der Waals surface area contributed by atoms with Crippen LogP contribution in [0.2, 0.25) is 0 Å². The Hall–Kier alpha value is -1.68. The molecular formula is C27H46N2OS. The first kappa shape index (κ1) is 29.3. The van der Waals surface area contributed by atoms with Crippen molar-refractivity contribution in [1.29, 1.82) is 0 Å². The molecule has 3 nitrogen and oxygen atoms in total. The van der Waals surface area contributed by atoms with E-state index >= 15 is 0 Å². The highest BCUT2D eigenvalue weighted by molar-refractivity contribution is 7.99. The lowest BCUT2D eigenvalue weighted by Gasteiger charge is -2.26. The first-order valence-electron chi connectivity index (χ1n) is 11.5. The van der Waals surface area contributed by atoms with Crippen LogP contribution in [0.25, 0.3) is 0 Å². The van der Waals surface area contributed by atoms with Crippen molar-refractivity contribution in [3.63, 3.8) is 0 Å². The second-order valence-electron chi connectivity index (χ2n) is 8.73. The summed E-state index contributed by atoms with van der Waals surface area (Å²) in [5, 5.41) is 6.41. The van der Waals surface area contributed by atoms with E-state index in [0.717, 1.165) is 54.9 Å². The van der Waals surface area contributed by atoms with E-state index in [1.165, 1.54) is 16.7 Å². The predicted molar refractivity (Wildman–Crippen MR) is 142 cm³/mol. The van der Waals surface area contributed by atoms with Crippen LogP contribution in [0.1, 0.15) is 80.6 Å². The van der Waals surface area contributed by atoms with Crippen LogP contribution >= 0.6 is 11.8 Å². The molecule has 0 aliphatic rings. The van der Waals surface area contributed by atoms with Crippen LogP contribution in [0.3, 0.4) is 0 Å². The summed E-state index contributed by atoms with van der Waals surface area (Å²) >= 11 is 1.90. The number of hydrogen-bond acceptors (Lipinski definition) is 3. The molecule has 0 bridgehead atoms. The molecule has 0 radical (unpaired) electrons. The Morgan fingerprint density at radius 3 is 1.97 bits per heavy atom. The Labute approximate surface area is 196 Å². The van der Waals surface area contributed by atoms with Crippen LogP contribution in [-0.4, -0.2) is 29.5 Å². The molecule has 0 spiro atoms. The second kappa shape index (κ2) is 16.9. The standard InChI is InChI=1S/C27H46N2OS/c1-10-26(29-25(9)30)24(8)28-27(21(4)5)19-31-18-17-23(7)16-12-15-22(6)14-11-13-20(2)3/h13,15,17,26-28H,4,8,10-12,14,16,18-19H2,1-3,5-7,9H3,(H,29,30)/b22-15+,23-17+. The molecule has 0 saturated heterocycles. The third-order valence-corrected chi connectivity index (χ3v) is 6.09. The number of allylic oxidation sites excluding steroid dienone is 5. The number of amides is 1. The van der Waals surface area contributed by atoms with E-state index in [0.29, 0.717) is 0 Å². The molecule has 0 aliphatic heterocycles. The van der Waals surface area contributed by atoms with E-state index in [2.05, 4.69) is 69.7 Å². The smallest absolute Gasteiger partial charge is 0.217 e. The van der Waals surface area contributed by atoms with E-state index in [4.69, 9.17) is 0 Å². The lowest BCUT2D eigenvalue weighted by Crippen LogP contribution is -2.42. The van der Waals surface area contributed by atoms with Gasteiger partial charge in [0, 0.05) is 24.1 Å². The van der Waals surface area contributed by atoms with Crippen LogP contribution < -0.4 is 10.6 Å². The lowest BCUT2D eigenvalue weighted by atomic mass is 10.1. The fourth-order valence-corrected chi connectivity index (χ4v) is 4.18. The normalized spacial score (nSPS) is 13.9. The van der Waals surface area contributed by atoms with Gasteiger partial charge in [-0.05, 0) is 66.7 Å². The first-order valence-corrected chi connectivity index (χ1v) is 12.6. The summed E-state index contributed by atoms with van der Waals surface area (Å²) in [5.41, 5.74) is 6.27. The van der Waals surface area contributed by atoms with Gasteiger partial charge >= 0.3 is 0 Å². The molecule has 31 heavy (non-hydrogen) atoms. The van der Waals surface area contributed by atoms with Crippen molar-refractivity contribution in [2.45, 2.75) is 92.7 Å². The highest BCUT2D eigenvalue weighted by Crippen LogP contribution is 2.15. The van der Waals surface area contributed by atoms with Crippen molar-refractivity contribution in [3.8, 4) is 0 Å². The molecule has 0 aromatic heterocycles. The molecule has 0 aromatic rings. The second-order valence-corrected chi connectivity index (χ2v) is 9.80. The summed E-state index contributed by atoms with van der Waals surface area (Å²) < 4.78 is 0. The Balaban J connectivity index is 4.40. The van der Waals surface area contributed by atoms with E-state index < -0.39 is 0 Å². The maximum Gasteiger partial charge on any atom is 0.217 e. The minimum atomic E-state index is -0.0509. The maximum absolute atomic E-state index is 11.4. The quantitative estimate of drug-likeness (QED) is 0.196. The van der Waals surface area contributed by atoms with Gasteiger partial charge in [-0.3, -0.25) is 4.79 Å². The van der Waals surface area contributed by atoms with Gasteiger partial charge in [-0.15, -0.1) is 0 Å². The molecule has 4 heteroatoms. The van der Waals surface area contributed by atoms with Crippen LogP contribution in [0.4, 0.5) is 0 Å². The van der Waals surface area contributed by atoms with Gasteiger partial charge in [-0.1, -0.05) is 60.6 Å². The number of hydrogen-bond donors (Lipinski definition) is 2. The molecule has 0 rings (SSSR count). The van der Waals surface area contributed by atoms with Crippen molar-refractivity contribution in [2.75, 3.05) is 11.5 Å². The fraction of sp³-hybridized carbons (Fsp3) is 0.593. The summed E-state index contributed by atoms with van der Waals surface area (Å²) in [6.45, 7) is 22.7. The van der Waals surface area contributed by atoms with Crippen LogP contribution in [0.5, 0.6) is 0 Å². The van der Waals surface area contributed by atoms with Crippen LogP contribution in [0.15, 0.2) is 59.4 Å². The van der Waals surface area contributed by atoms with Crippen molar-refractivity contribution >= 4 is 17.7 Å². The van der Waals surface area contributed by atoms with Gasteiger partial charge in [0.15, 0.2) is 0 Å². The molecule has 176 valence electrons. The molecule has 2 N–H and O–H groups in total. The van der Waals surface area contributed by atoms with Crippen LogP contribution in [-0.2, 0) is 4.79 Å². The molecule has 1 amide bonds. The Bertz CT molecular complexity index is 669. The molecule has 0 aliphatic carbocycles. The zero-order chi connectivity index (χ0) is 23.8. The minimum Gasteiger partial charge on any atom is -0.380 e. The van der Waals surface area contributed by atoms with Crippen molar-refractivity contribution in [3.05, 3.63) is 59.4 Å². The molecular weight excluding hydrogens is 400 g/mol. The number of rotatable bonds is 16. The number of nitrogens with one attached hydrogen (secondary N) is 2. The zero-order valence-corrected chi connectivity index (χ0v) is 21.9. The molecule has 0 fully saturated rings. The van der Waals surface area contributed by atoms with Crippen molar-refractivity contribution in [2.24, 2.45) is 0 Å². The molecule has 0 aromatic carbocycles. The van der Waals surface area contributed by atoms with Gasteiger partial charge in [0.2, 0.25) is 5.91 Å². The number of carbonyl (C=O) groups excluding carboxylic acids is 1. The predicted octanol–water partition coefficient (Wildman–Crippen LogP) is 7.10. The summed E-state index contributed by atoms with van der Waals surface area (Å²) in [6.07, 6.45) is 12.4. The first-order chi connectivity index (χ1) is 14.6. The average molecular weight is 447 g/mol. The SMILES string of the molecule is C=C(C)C(CSC/C=C(\C)CC/C=C(\C)CCC=C(C)C)NC(=C)C(CC)NC(C)=O. The van der Waals surface area contributed by atoms with E-state index in [1.807, 2.05) is 25.6 Å². The van der Waals surface area contributed by atoms with E-state index in [-0.39, 0.29) is 18.0 Å². The van der Waals surface area contributed by atoms with Gasteiger partial charge in [0.05, 0.1) is 12.1 Å². The Morgan fingerprint density at radius 1 is 0.871 bits per heavy atom. The van der Waals surface area contributed by atoms with Gasteiger partial charge in [0.1, 0.15) is 0 Å². The third-order valence-electron chi connectivity index (χ3n) is 5.12. The van der Waals surface area contributed by atoms with E-state index in [1.54, 1.807) is 6.92 Å². The summed E-state index contributed by atoms with van der Waals surface area (Å²) in [7, 11) is 0. The van der Waals surface area contributed by atoms with Gasteiger partial charge in [0.25, 0.3) is 0 Å². The summed E-state index contributed by atoms with van der Waals surface area (Å²) in [5.74, 6) is 1.89.